The predicted molar refractivity (Wildman–Crippen MR) is 39.1 cm³/mol. The molecule has 0 aliphatic rings. The fourth-order valence-electron chi connectivity index (χ4n) is 0.568. The first-order valence-electron chi connectivity index (χ1n) is 2.54. The van der Waals surface area contributed by atoms with Crippen molar-refractivity contribution in [2.24, 2.45) is 0 Å². The van der Waals surface area contributed by atoms with E-state index >= 15 is 0 Å². The van der Waals surface area contributed by atoms with Gasteiger partial charge in [0.05, 0.1) is 0 Å². The average Bonchev–Trinajstić information content (AvgIpc) is 1.88. The van der Waals surface area contributed by atoms with Crippen LogP contribution in [0, 0.1) is 0 Å². The zero-order valence-electron chi connectivity index (χ0n) is 4.91. The number of hydrogen-bond donors (Lipinski definition) is 2. The topological polar surface area (TPSA) is 49.7 Å². The Kier molecular flexibility index (Phi) is 2.13. The first kappa shape index (κ1) is 7.37. The van der Waals surface area contributed by atoms with E-state index in [1.54, 1.807) is 6.07 Å². The van der Waals surface area contributed by atoms with Crippen molar-refractivity contribution in [1.29, 1.82) is 0 Å². The van der Waals surface area contributed by atoms with Gasteiger partial charge in [-0.15, -0.1) is 0 Å². The van der Waals surface area contributed by atoms with Crippen molar-refractivity contribution in [1.82, 2.24) is 0 Å². The van der Waals surface area contributed by atoms with Crippen LogP contribution in [0.5, 0.6) is 11.5 Å². The van der Waals surface area contributed by atoms with Crippen molar-refractivity contribution in [2.45, 2.75) is 0 Å². The van der Waals surface area contributed by atoms with Crippen molar-refractivity contribution >= 4 is 15.9 Å². The van der Waals surface area contributed by atoms with Crippen molar-refractivity contribution in [3.8, 4) is 11.5 Å². The standard InChI is InChI=1S/C6H5BrO3/c7-4-1-2-6(10-9)5(8)3-4/h1-3,8-9H. The number of phenols is 1. The third-order valence-corrected chi connectivity index (χ3v) is 1.51. The summed E-state index contributed by atoms with van der Waals surface area (Å²) in [5, 5.41) is 17.1. The molecule has 0 atom stereocenters. The Balaban J connectivity index is 3.07. The van der Waals surface area contributed by atoms with Crippen LogP contribution in [0.25, 0.3) is 0 Å². The van der Waals surface area contributed by atoms with Gasteiger partial charge in [-0.05, 0) is 18.2 Å². The van der Waals surface area contributed by atoms with E-state index in [0.29, 0.717) is 0 Å². The zero-order valence-corrected chi connectivity index (χ0v) is 6.50. The van der Waals surface area contributed by atoms with Crippen molar-refractivity contribution < 1.29 is 15.3 Å². The summed E-state index contributed by atoms with van der Waals surface area (Å²) in [5.41, 5.74) is 0. The van der Waals surface area contributed by atoms with Crippen LogP contribution in [0.1, 0.15) is 0 Å². The molecule has 0 bridgehead atoms. The highest BCUT2D eigenvalue weighted by molar-refractivity contribution is 9.10. The Hall–Kier alpha value is -0.740. The lowest BCUT2D eigenvalue weighted by Crippen LogP contribution is -1.83. The Bertz CT molecular complexity index is 236. The zero-order chi connectivity index (χ0) is 7.56. The molecule has 1 aromatic carbocycles. The highest BCUT2D eigenvalue weighted by atomic mass is 79.9. The molecular weight excluding hydrogens is 200 g/mol. The SMILES string of the molecule is OOc1ccc(Br)cc1O. The summed E-state index contributed by atoms with van der Waals surface area (Å²) in [4.78, 5) is 3.83. The molecular formula is C6H5BrO3. The third-order valence-electron chi connectivity index (χ3n) is 1.02. The van der Waals surface area contributed by atoms with Crippen molar-refractivity contribution in [2.75, 3.05) is 0 Å². The quantitative estimate of drug-likeness (QED) is 0.544. The monoisotopic (exact) mass is 204 g/mol. The molecule has 0 fully saturated rings. The number of phenolic OH excluding ortho intramolecular Hbond substituents is 1. The summed E-state index contributed by atoms with van der Waals surface area (Å²) in [6, 6.07) is 4.51. The smallest absolute Gasteiger partial charge is 0.206 e. The van der Waals surface area contributed by atoms with Gasteiger partial charge in [0.15, 0.2) is 5.75 Å². The lowest BCUT2D eigenvalue weighted by molar-refractivity contribution is -0.139. The van der Waals surface area contributed by atoms with E-state index in [-0.39, 0.29) is 11.5 Å². The van der Waals surface area contributed by atoms with E-state index in [0.717, 1.165) is 4.47 Å². The van der Waals surface area contributed by atoms with E-state index < -0.39 is 0 Å². The molecule has 10 heavy (non-hydrogen) atoms. The lowest BCUT2D eigenvalue weighted by atomic mass is 10.3. The number of halogens is 1. The summed E-state index contributed by atoms with van der Waals surface area (Å²) in [5.74, 6) is -0.0555. The third kappa shape index (κ3) is 1.40. The largest absolute Gasteiger partial charge is 0.504 e. The van der Waals surface area contributed by atoms with Crippen LogP contribution in [-0.2, 0) is 0 Å². The molecule has 54 valence electrons. The predicted octanol–water partition coefficient (Wildman–Crippen LogP) is 2.01. The van der Waals surface area contributed by atoms with Crippen LogP contribution in [0.3, 0.4) is 0 Å². The van der Waals surface area contributed by atoms with E-state index in [1.807, 2.05) is 0 Å². The molecule has 4 heteroatoms. The van der Waals surface area contributed by atoms with Gasteiger partial charge in [0.1, 0.15) is 0 Å². The Morgan fingerprint density at radius 1 is 1.40 bits per heavy atom. The Morgan fingerprint density at radius 2 is 2.10 bits per heavy atom. The lowest BCUT2D eigenvalue weighted by Gasteiger charge is -1.98. The van der Waals surface area contributed by atoms with Crippen molar-refractivity contribution in [3.05, 3.63) is 22.7 Å². The maximum absolute atomic E-state index is 8.98. The van der Waals surface area contributed by atoms with E-state index in [2.05, 4.69) is 20.8 Å². The molecule has 0 aliphatic carbocycles. The molecule has 0 radical (unpaired) electrons. The normalized spacial score (nSPS) is 9.40. The van der Waals surface area contributed by atoms with Gasteiger partial charge in [0.25, 0.3) is 0 Å². The molecule has 0 unspecified atom stereocenters. The minimum absolute atomic E-state index is 0.0446. The molecule has 0 aliphatic heterocycles. The Morgan fingerprint density at radius 3 is 2.60 bits per heavy atom. The van der Waals surface area contributed by atoms with Crippen LogP contribution in [0.4, 0.5) is 0 Å². The van der Waals surface area contributed by atoms with Gasteiger partial charge in [-0.2, -0.15) is 0 Å². The fourth-order valence-corrected chi connectivity index (χ4v) is 0.917. The minimum Gasteiger partial charge on any atom is -0.504 e. The molecule has 3 nitrogen and oxygen atoms in total. The maximum atomic E-state index is 8.98. The summed E-state index contributed by atoms with van der Waals surface area (Å²) in [7, 11) is 0. The second kappa shape index (κ2) is 2.90. The van der Waals surface area contributed by atoms with Gasteiger partial charge in [-0.25, -0.2) is 5.26 Å². The Labute approximate surface area is 65.9 Å². The molecule has 0 spiro atoms. The van der Waals surface area contributed by atoms with Gasteiger partial charge in [0.2, 0.25) is 5.75 Å². The molecule has 2 N–H and O–H groups in total. The molecule has 0 heterocycles. The number of hydrogen-bond acceptors (Lipinski definition) is 3. The fraction of sp³-hybridized carbons (Fsp3) is 0. The minimum atomic E-state index is -0.100. The van der Waals surface area contributed by atoms with Crippen LogP contribution in [0.2, 0.25) is 0 Å². The van der Waals surface area contributed by atoms with Gasteiger partial charge in [0, 0.05) is 4.47 Å². The van der Waals surface area contributed by atoms with E-state index in [9.17, 15) is 0 Å². The molecule has 0 aromatic heterocycles. The maximum Gasteiger partial charge on any atom is 0.206 e. The summed E-state index contributed by atoms with van der Waals surface area (Å²) in [6.07, 6.45) is 0. The van der Waals surface area contributed by atoms with E-state index in [1.165, 1.54) is 12.1 Å². The van der Waals surface area contributed by atoms with Gasteiger partial charge >= 0.3 is 0 Å². The molecule has 0 amide bonds. The van der Waals surface area contributed by atoms with Crippen LogP contribution < -0.4 is 4.89 Å². The molecule has 1 aromatic rings. The summed E-state index contributed by atoms with van der Waals surface area (Å²) < 4.78 is 0.728. The second-order valence-corrected chi connectivity index (χ2v) is 2.62. The van der Waals surface area contributed by atoms with Gasteiger partial charge in [-0.1, -0.05) is 15.9 Å². The highest BCUT2D eigenvalue weighted by Crippen LogP contribution is 2.28. The summed E-state index contributed by atoms with van der Waals surface area (Å²) >= 11 is 3.13. The second-order valence-electron chi connectivity index (χ2n) is 1.70. The van der Waals surface area contributed by atoms with Gasteiger partial charge in [-0.3, -0.25) is 0 Å². The first-order valence-corrected chi connectivity index (χ1v) is 3.33. The average molecular weight is 205 g/mol. The highest BCUT2D eigenvalue weighted by Gasteiger charge is 2.00. The summed E-state index contributed by atoms with van der Waals surface area (Å²) in [6.45, 7) is 0. The van der Waals surface area contributed by atoms with Crippen LogP contribution in [0.15, 0.2) is 22.7 Å². The van der Waals surface area contributed by atoms with Gasteiger partial charge < -0.3 is 9.99 Å². The first-order chi connectivity index (χ1) is 4.74. The molecule has 0 saturated heterocycles. The van der Waals surface area contributed by atoms with Crippen LogP contribution in [-0.4, -0.2) is 10.4 Å². The number of benzene rings is 1. The number of aromatic hydroxyl groups is 1. The van der Waals surface area contributed by atoms with Crippen molar-refractivity contribution in [3.63, 3.8) is 0 Å². The molecule has 1 rings (SSSR count). The number of rotatable bonds is 1. The van der Waals surface area contributed by atoms with Crippen LogP contribution >= 0.6 is 15.9 Å². The van der Waals surface area contributed by atoms with E-state index in [4.69, 9.17) is 10.4 Å². The molecule has 0 saturated carbocycles.